The second-order valence-corrected chi connectivity index (χ2v) is 3.45. The van der Waals surface area contributed by atoms with Gasteiger partial charge in [0.25, 0.3) is 0 Å². The molecule has 2 heterocycles. The molecular weight excluding hydrogens is 200 g/mol. The molecule has 2 aromatic heterocycles. The van der Waals surface area contributed by atoms with E-state index in [-0.39, 0.29) is 0 Å². The Kier molecular flexibility index (Phi) is 3.15. The van der Waals surface area contributed by atoms with Gasteiger partial charge in [0, 0.05) is 24.0 Å². The van der Waals surface area contributed by atoms with Gasteiger partial charge in [0.2, 0.25) is 0 Å². The molecule has 0 saturated heterocycles. The Labute approximate surface area is 95.1 Å². The van der Waals surface area contributed by atoms with Gasteiger partial charge in [0.1, 0.15) is 5.75 Å². The summed E-state index contributed by atoms with van der Waals surface area (Å²) in [5, 5.41) is 0. The van der Waals surface area contributed by atoms with Gasteiger partial charge >= 0.3 is 0 Å². The Morgan fingerprint density at radius 3 is 2.69 bits per heavy atom. The molecule has 2 rings (SSSR count). The van der Waals surface area contributed by atoms with E-state index < -0.39 is 0 Å². The van der Waals surface area contributed by atoms with Gasteiger partial charge in [-0.15, -0.1) is 0 Å². The lowest BCUT2D eigenvalue weighted by Crippen LogP contribution is -1.94. The summed E-state index contributed by atoms with van der Waals surface area (Å²) < 4.78 is 5.25. The Balaban J connectivity index is 2.48. The number of aromatic nitrogens is 2. The predicted molar refractivity (Wildman–Crippen MR) is 63.4 cm³/mol. The van der Waals surface area contributed by atoms with Crippen molar-refractivity contribution in [2.24, 2.45) is 0 Å². The van der Waals surface area contributed by atoms with Crippen LogP contribution in [0.3, 0.4) is 0 Å². The highest BCUT2D eigenvalue weighted by Crippen LogP contribution is 2.21. The minimum Gasteiger partial charge on any atom is -0.497 e. The van der Waals surface area contributed by atoms with Gasteiger partial charge in [0.05, 0.1) is 18.5 Å². The molecule has 82 valence electrons. The first kappa shape index (κ1) is 10.6. The van der Waals surface area contributed by atoms with E-state index >= 15 is 0 Å². The highest BCUT2D eigenvalue weighted by atomic mass is 16.5. The maximum absolute atomic E-state index is 5.25. The molecule has 3 nitrogen and oxygen atoms in total. The van der Waals surface area contributed by atoms with E-state index in [2.05, 4.69) is 16.9 Å². The van der Waals surface area contributed by atoms with Crippen LogP contribution in [-0.4, -0.2) is 17.1 Å². The summed E-state index contributed by atoms with van der Waals surface area (Å²) in [6.07, 6.45) is 2.65. The molecule has 0 unspecified atom stereocenters. The first-order chi connectivity index (χ1) is 7.83. The first-order valence-corrected chi connectivity index (χ1v) is 5.30. The van der Waals surface area contributed by atoms with Crippen molar-refractivity contribution in [3.8, 4) is 17.1 Å². The SMILES string of the molecule is CCc1cc(OC)cc(-c2ccccn2)n1. The van der Waals surface area contributed by atoms with E-state index in [1.165, 1.54) is 0 Å². The molecule has 0 N–H and O–H groups in total. The summed E-state index contributed by atoms with van der Waals surface area (Å²) in [7, 11) is 1.66. The monoisotopic (exact) mass is 214 g/mol. The first-order valence-electron chi connectivity index (χ1n) is 5.30. The van der Waals surface area contributed by atoms with Crippen molar-refractivity contribution in [2.45, 2.75) is 13.3 Å². The van der Waals surface area contributed by atoms with Crippen molar-refractivity contribution >= 4 is 0 Å². The fraction of sp³-hybridized carbons (Fsp3) is 0.231. The number of hydrogen-bond donors (Lipinski definition) is 0. The van der Waals surface area contributed by atoms with Gasteiger partial charge < -0.3 is 4.74 Å². The molecule has 0 aliphatic rings. The lowest BCUT2D eigenvalue weighted by atomic mass is 10.2. The normalized spacial score (nSPS) is 10.1. The number of pyridine rings is 2. The van der Waals surface area contributed by atoms with Gasteiger partial charge in [0.15, 0.2) is 0 Å². The summed E-state index contributed by atoms with van der Waals surface area (Å²) in [6.45, 7) is 2.07. The lowest BCUT2D eigenvalue weighted by molar-refractivity contribution is 0.414. The molecule has 0 atom stereocenters. The third-order valence-electron chi connectivity index (χ3n) is 2.38. The summed E-state index contributed by atoms with van der Waals surface area (Å²) in [4.78, 5) is 8.81. The molecule has 0 radical (unpaired) electrons. The van der Waals surface area contributed by atoms with Crippen LogP contribution >= 0.6 is 0 Å². The summed E-state index contributed by atoms with van der Waals surface area (Å²) in [5.41, 5.74) is 2.74. The van der Waals surface area contributed by atoms with E-state index in [4.69, 9.17) is 4.74 Å². The van der Waals surface area contributed by atoms with Gasteiger partial charge in [-0.25, -0.2) is 0 Å². The average molecular weight is 214 g/mol. The highest BCUT2D eigenvalue weighted by molar-refractivity contribution is 5.56. The zero-order chi connectivity index (χ0) is 11.4. The van der Waals surface area contributed by atoms with Gasteiger partial charge in [-0.3, -0.25) is 9.97 Å². The van der Waals surface area contributed by atoms with Crippen LogP contribution < -0.4 is 4.74 Å². The molecule has 2 aromatic rings. The molecule has 0 aliphatic heterocycles. The quantitative estimate of drug-likeness (QED) is 0.788. The van der Waals surface area contributed by atoms with Crippen LogP contribution in [0.4, 0.5) is 0 Å². The van der Waals surface area contributed by atoms with Gasteiger partial charge in [-0.1, -0.05) is 13.0 Å². The Morgan fingerprint density at radius 1 is 1.19 bits per heavy atom. The number of methoxy groups -OCH3 is 1. The predicted octanol–water partition coefficient (Wildman–Crippen LogP) is 2.71. The molecule has 0 saturated carbocycles. The van der Waals surface area contributed by atoms with Crippen LogP contribution in [0.2, 0.25) is 0 Å². The molecule has 0 aliphatic carbocycles. The summed E-state index contributed by atoms with van der Waals surface area (Å²) >= 11 is 0. The average Bonchev–Trinajstić information content (AvgIpc) is 2.39. The van der Waals surface area contributed by atoms with Crippen LogP contribution in [-0.2, 0) is 6.42 Å². The van der Waals surface area contributed by atoms with Crippen molar-refractivity contribution in [3.05, 3.63) is 42.2 Å². The van der Waals surface area contributed by atoms with E-state index in [0.29, 0.717) is 0 Å². The van der Waals surface area contributed by atoms with Crippen LogP contribution in [0.1, 0.15) is 12.6 Å². The van der Waals surface area contributed by atoms with Crippen LogP contribution in [0, 0.1) is 0 Å². The maximum atomic E-state index is 5.25. The molecule has 0 amide bonds. The van der Waals surface area contributed by atoms with Crippen LogP contribution in [0.5, 0.6) is 5.75 Å². The Bertz CT molecular complexity index is 446. The van der Waals surface area contributed by atoms with Crippen LogP contribution in [0.15, 0.2) is 36.5 Å². The molecule has 0 aromatic carbocycles. The number of hydrogen-bond acceptors (Lipinski definition) is 3. The second-order valence-electron chi connectivity index (χ2n) is 3.45. The number of rotatable bonds is 3. The van der Waals surface area contributed by atoms with E-state index in [0.717, 1.165) is 29.3 Å². The van der Waals surface area contributed by atoms with Crippen molar-refractivity contribution in [2.75, 3.05) is 7.11 Å². The third-order valence-corrected chi connectivity index (χ3v) is 2.38. The lowest BCUT2D eigenvalue weighted by Gasteiger charge is -2.06. The molecule has 0 bridgehead atoms. The van der Waals surface area contributed by atoms with E-state index in [9.17, 15) is 0 Å². The third kappa shape index (κ3) is 2.19. The fourth-order valence-corrected chi connectivity index (χ4v) is 1.50. The number of aryl methyl sites for hydroxylation is 1. The summed E-state index contributed by atoms with van der Waals surface area (Å²) in [5.74, 6) is 0.826. The van der Waals surface area contributed by atoms with Crippen LogP contribution in [0.25, 0.3) is 11.4 Å². The standard InChI is InChI=1S/C13H14N2O/c1-3-10-8-11(16-2)9-13(15-10)12-6-4-5-7-14-12/h4-9H,3H2,1-2H3. The van der Waals surface area contributed by atoms with Crippen molar-refractivity contribution < 1.29 is 4.74 Å². The zero-order valence-corrected chi connectivity index (χ0v) is 9.47. The topological polar surface area (TPSA) is 35.0 Å². The molecule has 3 heteroatoms. The Hall–Kier alpha value is -1.90. The van der Waals surface area contributed by atoms with Crippen molar-refractivity contribution in [1.29, 1.82) is 0 Å². The Morgan fingerprint density at radius 2 is 2.06 bits per heavy atom. The molecular formula is C13H14N2O. The number of nitrogens with zero attached hydrogens (tertiary/aromatic N) is 2. The smallest absolute Gasteiger partial charge is 0.122 e. The fourth-order valence-electron chi connectivity index (χ4n) is 1.50. The van der Waals surface area contributed by atoms with E-state index in [1.54, 1.807) is 13.3 Å². The maximum Gasteiger partial charge on any atom is 0.122 e. The second kappa shape index (κ2) is 4.75. The van der Waals surface area contributed by atoms with Crippen molar-refractivity contribution in [3.63, 3.8) is 0 Å². The highest BCUT2D eigenvalue weighted by Gasteiger charge is 2.04. The zero-order valence-electron chi connectivity index (χ0n) is 9.47. The largest absolute Gasteiger partial charge is 0.497 e. The summed E-state index contributed by atoms with van der Waals surface area (Å²) in [6, 6.07) is 9.65. The molecule has 16 heavy (non-hydrogen) atoms. The van der Waals surface area contributed by atoms with E-state index in [1.807, 2.05) is 30.3 Å². The molecule has 0 spiro atoms. The van der Waals surface area contributed by atoms with Gasteiger partial charge in [-0.05, 0) is 18.6 Å². The van der Waals surface area contributed by atoms with Gasteiger partial charge in [-0.2, -0.15) is 0 Å². The number of ether oxygens (including phenoxy) is 1. The molecule has 0 fully saturated rings. The van der Waals surface area contributed by atoms with Crippen molar-refractivity contribution in [1.82, 2.24) is 9.97 Å². The minimum absolute atomic E-state index is 0.826. The minimum atomic E-state index is 0.826.